The normalized spacial score (nSPS) is 23.4. The topological polar surface area (TPSA) is 191 Å². The van der Waals surface area contributed by atoms with Crippen LogP contribution in [-0.4, -0.2) is 75.1 Å². The van der Waals surface area contributed by atoms with Crippen molar-refractivity contribution in [2.45, 2.75) is 49.6 Å². The van der Waals surface area contributed by atoms with Crippen molar-refractivity contribution in [2.24, 2.45) is 16.5 Å². The molecular weight excluding hydrogens is 296 g/mol. The number of amides is 1. The Morgan fingerprint density at radius 2 is 1.91 bits per heavy atom. The van der Waals surface area contributed by atoms with Crippen LogP contribution in [0.5, 0.6) is 0 Å². The summed E-state index contributed by atoms with van der Waals surface area (Å²) >= 11 is 0. The average molecular weight is 318 g/mol. The van der Waals surface area contributed by atoms with Gasteiger partial charge in [0.1, 0.15) is 24.0 Å². The minimum absolute atomic E-state index is 0.127. The predicted molar refractivity (Wildman–Crippen MR) is 75.9 cm³/mol. The minimum atomic E-state index is -1.35. The van der Waals surface area contributed by atoms with Crippen LogP contribution in [-0.2, 0) is 9.59 Å². The maximum absolute atomic E-state index is 11.7. The van der Waals surface area contributed by atoms with Crippen LogP contribution >= 0.6 is 0 Å². The van der Waals surface area contributed by atoms with Gasteiger partial charge < -0.3 is 37.2 Å². The summed E-state index contributed by atoms with van der Waals surface area (Å²) in [7, 11) is 0. The van der Waals surface area contributed by atoms with Crippen molar-refractivity contribution < 1.29 is 30.0 Å². The van der Waals surface area contributed by atoms with Crippen molar-refractivity contribution in [3.63, 3.8) is 0 Å². The first-order valence-electron chi connectivity index (χ1n) is 6.86. The second-order valence-corrected chi connectivity index (χ2v) is 5.21. The smallest absolute Gasteiger partial charge is 0.320 e. The Kier molecular flexibility index (Phi) is 6.84. The largest absolute Gasteiger partial charge is 0.480 e. The van der Waals surface area contributed by atoms with Gasteiger partial charge in [0.05, 0.1) is 18.8 Å². The second kappa shape index (κ2) is 8.15. The third-order valence-corrected chi connectivity index (χ3v) is 3.42. The standard InChI is InChI=1S/C12H22N4O6/c13-5(1-2-6(14)12(21)22)10-15-7(11(20)16-10)3-8(18)9(19)4-17/h5-9,17-19H,1-4,13-14H2,(H,21,22)(H,15,16,20)/t5?,6-,7?,8?,9?/m0/s1. The highest BCUT2D eigenvalue weighted by atomic mass is 16.4. The van der Waals surface area contributed by atoms with Crippen LogP contribution in [0.3, 0.4) is 0 Å². The van der Waals surface area contributed by atoms with E-state index in [2.05, 4.69) is 10.3 Å². The molecule has 126 valence electrons. The molecule has 10 heteroatoms. The molecule has 0 aliphatic carbocycles. The molecule has 0 radical (unpaired) electrons. The van der Waals surface area contributed by atoms with E-state index in [1.165, 1.54) is 0 Å². The molecule has 0 spiro atoms. The van der Waals surface area contributed by atoms with E-state index < -0.39 is 48.8 Å². The molecule has 1 rings (SSSR count). The number of carbonyl (C=O) groups excluding carboxylic acids is 1. The van der Waals surface area contributed by atoms with E-state index in [1.807, 2.05) is 0 Å². The van der Waals surface area contributed by atoms with E-state index in [0.29, 0.717) is 0 Å². The number of rotatable bonds is 9. The van der Waals surface area contributed by atoms with E-state index >= 15 is 0 Å². The molecule has 1 aliphatic rings. The van der Waals surface area contributed by atoms with Gasteiger partial charge in [0.2, 0.25) is 0 Å². The van der Waals surface area contributed by atoms with Crippen LogP contribution in [0.2, 0.25) is 0 Å². The Morgan fingerprint density at radius 1 is 1.27 bits per heavy atom. The lowest BCUT2D eigenvalue weighted by Gasteiger charge is -2.20. The molecule has 4 unspecified atom stereocenters. The maximum atomic E-state index is 11.7. The average Bonchev–Trinajstić information content (AvgIpc) is 2.84. The van der Waals surface area contributed by atoms with Gasteiger partial charge in [-0.2, -0.15) is 4.99 Å². The Labute approximate surface area is 126 Å². The fraction of sp³-hybridized carbons (Fsp3) is 0.750. The number of hydrogen-bond donors (Lipinski definition) is 7. The number of carbonyl (C=O) groups is 2. The molecule has 1 amide bonds. The molecule has 9 N–H and O–H groups in total. The number of amidine groups is 1. The SMILES string of the molecule is NC(CC[C@H](N)C(=O)O)C1=NC(=O)C(CC(O)C(O)CO)N1. The van der Waals surface area contributed by atoms with Crippen molar-refractivity contribution >= 4 is 17.7 Å². The van der Waals surface area contributed by atoms with Gasteiger partial charge in [-0.05, 0) is 12.8 Å². The lowest BCUT2D eigenvalue weighted by molar-refractivity contribution is -0.138. The van der Waals surface area contributed by atoms with E-state index in [-0.39, 0.29) is 25.1 Å². The number of nitrogens with zero attached hydrogens (tertiary/aromatic N) is 1. The van der Waals surface area contributed by atoms with Gasteiger partial charge in [0.25, 0.3) is 5.91 Å². The summed E-state index contributed by atoms with van der Waals surface area (Å²) in [5.41, 5.74) is 11.2. The Hall–Kier alpha value is -1.59. The Balaban J connectivity index is 2.49. The summed E-state index contributed by atoms with van der Waals surface area (Å²) in [4.78, 5) is 26.0. The molecule has 0 bridgehead atoms. The fourth-order valence-electron chi connectivity index (χ4n) is 1.96. The summed E-state index contributed by atoms with van der Waals surface area (Å²) in [5.74, 6) is -1.49. The van der Waals surface area contributed by atoms with Gasteiger partial charge in [-0.15, -0.1) is 0 Å². The van der Waals surface area contributed by atoms with Crippen LogP contribution in [0.25, 0.3) is 0 Å². The molecular formula is C12H22N4O6. The first-order valence-corrected chi connectivity index (χ1v) is 6.86. The fourth-order valence-corrected chi connectivity index (χ4v) is 1.96. The number of aliphatic hydroxyl groups is 3. The molecule has 0 aromatic carbocycles. The lowest BCUT2D eigenvalue weighted by Crippen LogP contribution is -2.45. The highest BCUT2D eigenvalue weighted by molar-refractivity contribution is 6.06. The van der Waals surface area contributed by atoms with E-state index in [1.54, 1.807) is 0 Å². The highest BCUT2D eigenvalue weighted by Crippen LogP contribution is 2.12. The molecule has 5 atom stereocenters. The minimum Gasteiger partial charge on any atom is -0.480 e. The third-order valence-electron chi connectivity index (χ3n) is 3.42. The second-order valence-electron chi connectivity index (χ2n) is 5.21. The molecule has 0 saturated carbocycles. The summed E-state index contributed by atoms with van der Waals surface area (Å²) in [5, 5.41) is 39.0. The van der Waals surface area contributed by atoms with Crippen molar-refractivity contribution in [3.05, 3.63) is 0 Å². The van der Waals surface area contributed by atoms with Crippen LogP contribution in [0.4, 0.5) is 0 Å². The lowest BCUT2D eigenvalue weighted by atomic mass is 10.0. The number of aliphatic imine (C=N–C) groups is 1. The van der Waals surface area contributed by atoms with Crippen molar-refractivity contribution in [1.29, 1.82) is 0 Å². The number of nitrogens with one attached hydrogen (secondary N) is 1. The van der Waals surface area contributed by atoms with Gasteiger partial charge in [-0.3, -0.25) is 9.59 Å². The quantitative estimate of drug-likeness (QED) is 0.226. The number of aliphatic hydroxyl groups excluding tert-OH is 3. The Bertz CT molecular complexity index is 443. The van der Waals surface area contributed by atoms with Gasteiger partial charge in [0.15, 0.2) is 0 Å². The molecule has 0 aromatic rings. The highest BCUT2D eigenvalue weighted by Gasteiger charge is 2.32. The van der Waals surface area contributed by atoms with Crippen molar-refractivity contribution in [2.75, 3.05) is 6.61 Å². The Morgan fingerprint density at radius 3 is 2.45 bits per heavy atom. The maximum Gasteiger partial charge on any atom is 0.320 e. The summed E-state index contributed by atoms with van der Waals surface area (Å²) in [6, 6.07) is -2.56. The number of nitrogens with two attached hydrogens (primary N) is 2. The summed E-state index contributed by atoms with van der Waals surface area (Å²) in [6.45, 7) is -0.623. The summed E-state index contributed by atoms with van der Waals surface area (Å²) in [6.07, 6.45) is -2.41. The first kappa shape index (κ1) is 18.5. The van der Waals surface area contributed by atoms with Gasteiger partial charge in [-0.25, -0.2) is 0 Å². The number of carboxylic acids is 1. The summed E-state index contributed by atoms with van der Waals surface area (Å²) < 4.78 is 0. The van der Waals surface area contributed by atoms with E-state index in [0.717, 1.165) is 0 Å². The van der Waals surface area contributed by atoms with Gasteiger partial charge in [0, 0.05) is 6.42 Å². The molecule has 22 heavy (non-hydrogen) atoms. The van der Waals surface area contributed by atoms with Crippen LogP contribution in [0.1, 0.15) is 19.3 Å². The zero-order valence-electron chi connectivity index (χ0n) is 11.9. The number of aliphatic carboxylic acids is 1. The number of carboxylic acid groups (broad SMARTS) is 1. The van der Waals surface area contributed by atoms with Crippen LogP contribution < -0.4 is 16.8 Å². The molecule has 0 fully saturated rings. The van der Waals surface area contributed by atoms with Crippen LogP contribution in [0.15, 0.2) is 4.99 Å². The van der Waals surface area contributed by atoms with Gasteiger partial charge >= 0.3 is 5.97 Å². The zero-order chi connectivity index (χ0) is 16.9. The third kappa shape index (κ3) is 5.00. The van der Waals surface area contributed by atoms with Crippen molar-refractivity contribution in [1.82, 2.24) is 5.32 Å². The monoisotopic (exact) mass is 318 g/mol. The molecule has 0 saturated heterocycles. The van der Waals surface area contributed by atoms with Crippen LogP contribution in [0, 0.1) is 0 Å². The number of hydrogen-bond acceptors (Lipinski definition) is 8. The van der Waals surface area contributed by atoms with Gasteiger partial charge in [-0.1, -0.05) is 0 Å². The van der Waals surface area contributed by atoms with E-state index in [4.69, 9.17) is 21.7 Å². The molecule has 0 aromatic heterocycles. The first-order chi connectivity index (χ1) is 10.3. The van der Waals surface area contributed by atoms with Crippen molar-refractivity contribution in [3.8, 4) is 0 Å². The predicted octanol–water partition coefficient (Wildman–Crippen LogP) is -3.49. The van der Waals surface area contributed by atoms with E-state index in [9.17, 15) is 19.8 Å². The molecule has 1 aliphatic heterocycles. The molecule has 1 heterocycles. The zero-order valence-corrected chi connectivity index (χ0v) is 11.9. The molecule has 10 nitrogen and oxygen atoms in total.